The number of esters is 1. The highest BCUT2D eigenvalue weighted by molar-refractivity contribution is 5.68. The fraction of sp³-hybridized carbons (Fsp3) is 0.857. The van der Waals surface area contributed by atoms with Gasteiger partial charge in [-0.05, 0) is 0 Å². The summed E-state index contributed by atoms with van der Waals surface area (Å²) in [4.78, 5) is 9.96. The van der Waals surface area contributed by atoms with E-state index in [-0.39, 0.29) is 5.97 Å². The Morgan fingerprint density at radius 1 is 1.73 bits per heavy atom. The van der Waals surface area contributed by atoms with Gasteiger partial charge in [-0.15, -0.1) is 0 Å². The molecule has 1 aliphatic rings. The molecule has 1 aliphatic heterocycles. The van der Waals surface area contributed by atoms with Crippen molar-refractivity contribution in [2.75, 3.05) is 27.0 Å². The van der Waals surface area contributed by atoms with Gasteiger partial charge in [0.1, 0.15) is 0 Å². The fourth-order valence-electron chi connectivity index (χ4n) is 0.505. The molecule has 0 aromatic carbocycles. The highest BCUT2D eigenvalue weighted by atomic mass is 16.5. The van der Waals surface area contributed by atoms with Gasteiger partial charge in [0.05, 0.1) is 20.4 Å². The van der Waals surface area contributed by atoms with E-state index in [1.165, 1.54) is 7.11 Å². The summed E-state index contributed by atoms with van der Waals surface area (Å²) in [7, 11) is 1.38. The smallest absolute Gasteiger partial charge is 0.305 e. The molecule has 0 amide bonds. The van der Waals surface area contributed by atoms with Gasteiger partial charge in [0.15, 0.2) is 0 Å². The van der Waals surface area contributed by atoms with Crippen molar-refractivity contribution in [3.63, 3.8) is 0 Å². The molecular formula is C7H15NO3. The molecule has 1 heterocycles. The number of carbonyl (C=O) groups is 1. The minimum Gasteiger partial charge on any atom is -0.469 e. The third-order valence-electron chi connectivity index (χ3n) is 1.14. The normalized spacial score (nSPS) is 15.1. The summed E-state index contributed by atoms with van der Waals surface area (Å²) < 4.78 is 9.09. The van der Waals surface area contributed by atoms with E-state index >= 15 is 0 Å². The van der Waals surface area contributed by atoms with Crippen LogP contribution in [-0.4, -0.2) is 33.0 Å². The zero-order valence-corrected chi connectivity index (χ0v) is 7.05. The highest BCUT2D eigenvalue weighted by Gasteiger charge is 1.92. The van der Waals surface area contributed by atoms with E-state index in [0.717, 1.165) is 19.9 Å². The number of methoxy groups -OCH3 is 1. The molecule has 4 nitrogen and oxygen atoms in total. The molecule has 0 aromatic rings. The minimum atomic E-state index is -0.157. The van der Waals surface area contributed by atoms with Gasteiger partial charge in [-0.2, -0.15) is 0 Å². The summed E-state index contributed by atoms with van der Waals surface area (Å²) >= 11 is 0. The molecule has 1 N–H and O–H groups in total. The third-order valence-corrected chi connectivity index (χ3v) is 1.14. The van der Waals surface area contributed by atoms with Gasteiger partial charge < -0.3 is 9.47 Å². The van der Waals surface area contributed by atoms with E-state index < -0.39 is 0 Å². The van der Waals surface area contributed by atoms with Crippen LogP contribution in [0, 0.1) is 0 Å². The van der Waals surface area contributed by atoms with Gasteiger partial charge in [-0.25, -0.2) is 0 Å². The zero-order chi connectivity index (χ0) is 8.53. The summed E-state index contributed by atoms with van der Waals surface area (Å²) in [6.45, 7) is 4.42. The van der Waals surface area contributed by atoms with Crippen LogP contribution in [0.5, 0.6) is 0 Å². The lowest BCUT2D eigenvalue weighted by Crippen LogP contribution is -2.05. The van der Waals surface area contributed by atoms with Crippen LogP contribution in [0.1, 0.15) is 13.3 Å². The molecule has 0 atom stereocenters. The Kier molecular flexibility index (Phi) is 7.08. The molecule has 1 fully saturated rings. The van der Waals surface area contributed by atoms with Crippen molar-refractivity contribution in [3.05, 3.63) is 0 Å². The molecule has 66 valence electrons. The van der Waals surface area contributed by atoms with E-state index in [2.05, 4.69) is 10.1 Å². The van der Waals surface area contributed by atoms with Crippen molar-refractivity contribution >= 4 is 5.97 Å². The Morgan fingerprint density at radius 2 is 2.45 bits per heavy atom. The lowest BCUT2D eigenvalue weighted by Gasteiger charge is -1.87. The molecular weight excluding hydrogens is 146 g/mol. The molecule has 1 saturated heterocycles. The van der Waals surface area contributed by atoms with E-state index in [9.17, 15) is 4.79 Å². The van der Waals surface area contributed by atoms with Crippen LogP contribution in [0.2, 0.25) is 0 Å². The van der Waals surface area contributed by atoms with Crippen molar-refractivity contribution in [2.24, 2.45) is 0 Å². The lowest BCUT2D eigenvalue weighted by molar-refractivity contribution is -0.140. The molecule has 0 radical (unpaired) electrons. The van der Waals surface area contributed by atoms with Crippen LogP contribution >= 0.6 is 0 Å². The molecule has 1 rings (SSSR count). The summed E-state index contributed by atoms with van der Waals surface area (Å²) in [6.07, 6.45) is 0.469. The first-order valence-electron chi connectivity index (χ1n) is 3.66. The maximum Gasteiger partial charge on any atom is 0.305 e. The molecule has 11 heavy (non-hydrogen) atoms. The van der Waals surface area contributed by atoms with E-state index in [4.69, 9.17) is 4.74 Å². The van der Waals surface area contributed by atoms with Gasteiger partial charge >= 0.3 is 5.97 Å². The second-order valence-corrected chi connectivity index (χ2v) is 1.98. The number of hydrogen-bond acceptors (Lipinski definition) is 4. The maximum absolute atomic E-state index is 9.96. The Morgan fingerprint density at radius 3 is 2.55 bits per heavy atom. The topological polar surface area (TPSA) is 47.6 Å². The van der Waals surface area contributed by atoms with E-state index in [1.807, 2.05) is 0 Å². The van der Waals surface area contributed by atoms with E-state index in [1.54, 1.807) is 6.92 Å². The highest BCUT2D eigenvalue weighted by Crippen LogP contribution is 1.76. The van der Waals surface area contributed by atoms with Crippen LogP contribution in [0.25, 0.3) is 0 Å². The van der Waals surface area contributed by atoms with Crippen molar-refractivity contribution in [1.29, 1.82) is 0 Å². The molecule has 0 aromatic heterocycles. The van der Waals surface area contributed by atoms with Gasteiger partial charge in [-0.3, -0.25) is 10.1 Å². The number of ether oxygens (including phenoxy) is 2. The summed E-state index contributed by atoms with van der Waals surface area (Å²) in [5.41, 5.74) is 0. The average molecular weight is 161 g/mol. The Bertz CT molecular complexity index is 88.2. The SMILES string of the molecule is C1COCN1.CCC(=O)OC. The largest absolute Gasteiger partial charge is 0.469 e. The first-order valence-corrected chi connectivity index (χ1v) is 3.66. The standard InChI is InChI=1S/C4H8O2.C3H7NO/c1-3-4(5)6-2;1-2-5-3-4-1/h3H2,1-2H3;4H,1-3H2. The van der Waals surface area contributed by atoms with Crippen molar-refractivity contribution in [3.8, 4) is 0 Å². The Hall–Kier alpha value is -0.610. The summed E-state index contributed by atoms with van der Waals surface area (Å²) in [6, 6.07) is 0. The van der Waals surface area contributed by atoms with Crippen molar-refractivity contribution < 1.29 is 14.3 Å². The molecule has 0 saturated carbocycles. The Labute approximate surface area is 66.9 Å². The van der Waals surface area contributed by atoms with Gasteiger partial charge in [0, 0.05) is 13.0 Å². The number of rotatable bonds is 1. The number of nitrogens with one attached hydrogen (secondary N) is 1. The predicted octanol–water partition coefficient (Wildman–Crippen LogP) is 0.133. The average Bonchev–Trinajstić information content (AvgIpc) is 2.60. The number of hydrogen-bond donors (Lipinski definition) is 1. The first-order chi connectivity index (χ1) is 5.31. The predicted molar refractivity (Wildman–Crippen MR) is 41.1 cm³/mol. The minimum absolute atomic E-state index is 0.157. The Balaban J connectivity index is 0.000000183. The maximum atomic E-state index is 9.96. The molecule has 0 bridgehead atoms. The van der Waals surface area contributed by atoms with Crippen LogP contribution in [-0.2, 0) is 14.3 Å². The van der Waals surface area contributed by atoms with E-state index in [0.29, 0.717) is 6.42 Å². The molecule has 0 spiro atoms. The first kappa shape index (κ1) is 10.4. The van der Waals surface area contributed by atoms with Crippen LogP contribution in [0.3, 0.4) is 0 Å². The van der Waals surface area contributed by atoms with Crippen molar-refractivity contribution in [1.82, 2.24) is 5.32 Å². The van der Waals surface area contributed by atoms with Crippen LogP contribution in [0.15, 0.2) is 0 Å². The molecule has 4 heteroatoms. The monoisotopic (exact) mass is 161 g/mol. The lowest BCUT2D eigenvalue weighted by atomic mass is 10.5. The summed E-state index contributed by atoms with van der Waals surface area (Å²) in [5, 5.41) is 3.00. The second-order valence-electron chi connectivity index (χ2n) is 1.98. The van der Waals surface area contributed by atoms with Gasteiger partial charge in [0.2, 0.25) is 0 Å². The van der Waals surface area contributed by atoms with Crippen LogP contribution < -0.4 is 5.32 Å². The number of carbonyl (C=O) groups excluding carboxylic acids is 1. The fourth-order valence-corrected chi connectivity index (χ4v) is 0.505. The summed E-state index contributed by atoms with van der Waals surface area (Å²) in [5.74, 6) is -0.157. The molecule has 0 unspecified atom stereocenters. The molecule has 0 aliphatic carbocycles. The van der Waals surface area contributed by atoms with Gasteiger partial charge in [0.25, 0.3) is 0 Å². The van der Waals surface area contributed by atoms with Crippen molar-refractivity contribution in [2.45, 2.75) is 13.3 Å². The zero-order valence-electron chi connectivity index (χ0n) is 7.05. The van der Waals surface area contributed by atoms with Gasteiger partial charge in [-0.1, -0.05) is 6.92 Å². The third kappa shape index (κ3) is 7.29. The quantitative estimate of drug-likeness (QED) is 0.555. The van der Waals surface area contributed by atoms with Crippen LogP contribution in [0.4, 0.5) is 0 Å². The second kappa shape index (κ2) is 7.50.